The summed E-state index contributed by atoms with van der Waals surface area (Å²) in [6, 6.07) is 8.88. The van der Waals surface area contributed by atoms with Crippen LogP contribution < -0.4 is 0 Å². The molecule has 2 heterocycles. The van der Waals surface area contributed by atoms with Gasteiger partial charge in [-0.05, 0) is 37.3 Å². The van der Waals surface area contributed by atoms with Gasteiger partial charge >= 0.3 is 5.97 Å². The van der Waals surface area contributed by atoms with Crippen LogP contribution in [0.15, 0.2) is 42.7 Å². The molecular weight excluding hydrogens is 318 g/mol. The van der Waals surface area contributed by atoms with Crippen LogP contribution in [-0.2, 0) is 4.79 Å². The molecule has 1 aliphatic heterocycles. The highest BCUT2D eigenvalue weighted by Gasteiger charge is 2.47. The molecule has 6 nitrogen and oxygen atoms in total. The Labute approximate surface area is 146 Å². The Kier molecular flexibility index (Phi) is 4.03. The fourth-order valence-electron chi connectivity index (χ4n) is 4.28. The van der Waals surface area contributed by atoms with Gasteiger partial charge in [0.25, 0.3) is 5.91 Å². The van der Waals surface area contributed by atoms with E-state index in [0.717, 1.165) is 31.4 Å². The zero-order valence-electron chi connectivity index (χ0n) is 13.9. The number of aliphatic carboxylic acids is 1. The van der Waals surface area contributed by atoms with Crippen LogP contribution in [0.25, 0.3) is 5.69 Å². The summed E-state index contributed by atoms with van der Waals surface area (Å²) < 4.78 is 1.65. The normalized spacial score (nSPS) is 25.6. The number of fused-ring (bicyclic) bond motifs is 1. The number of carbonyl (C=O) groups is 2. The van der Waals surface area contributed by atoms with Gasteiger partial charge in [-0.25, -0.2) is 9.48 Å². The second-order valence-corrected chi connectivity index (χ2v) is 6.92. The number of carboxylic acid groups (broad SMARTS) is 1. The number of carboxylic acids is 1. The summed E-state index contributed by atoms with van der Waals surface area (Å²) in [5.74, 6) is -0.815. The average Bonchev–Trinajstić information content (AvgIpc) is 3.27. The lowest BCUT2D eigenvalue weighted by atomic mass is 9.84. The maximum absolute atomic E-state index is 13.1. The smallest absolute Gasteiger partial charge is 0.326 e. The van der Waals surface area contributed by atoms with Crippen LogP contribution in [0.2, 0.25) is 0 Å². The first kappa shape index (κ1) is 15.9. The molecule has 0 spiro atoms. The Balaban J connectivity index is 1.63. The number of hydrogen-bond acceptors (Lipinski definition) is 3. The highest BCUT2D eigenvalue weighted by molar-refractivity contribution is 5.97. The third-order valence-corrected chi connectivity index (χ3v) is 5.46. The monoisotopic (exact) mass is 339 g/mol. The van der Waals surface area contributed by atoms with E-state index in [9.17, 15) is 14.7 Å². The van der Waals surface area contributed by atoms with Crippen molar-refractivity contribution in [1.82, 2.24) is 14.7 Å². The fourth-order valence-corrected chi connectivity index (χ4v) is 4.28. The lowest BCUT2D eigenvalue weighted by Crippen LogP contribution is -2.46. The number of aromatic nitrogens is 2. The topological polar surface area (TPSA) is 75.4 Å². The number of carbonyl (C=O) groups excluding carboxylic acids is 1. The standard InChI is InChI=1S/C19H21N3O3/c23-18(14-11-20-21(12-14)15-7-2-1-3-8-15)22-16-9-5-4-6-13(16)10-17(22)19(24)25/h1-3,7-8,11-13,16-17H,4-6,9-10H2,(H,24,25)/t13-,16-,17+/m1/s1. The molecule has 25 heavy (non-hydrogen) atoms. The highest BCUT2D eigenvalue weighted by Crippen LogP contribution is 2.40. The molecule has 2 fully saturated rings. The van der Waals surface area contributed by atoms with Crippen LogP contribution in [0.5, 0.6) is 0 Å². The summed E-state index contributed by atoms with van der Waals surface area (Å²) in [5, 5.41) is 13.9. The molecule has 1 aliphatic carbocycles. The van der Waals surface area contributed by atoms with Crippen LogP contribution in [0.3, 0.4) is 0 Å². The first-order chi connectivity index (χ1) is 12.1. The second kappa shape index (κ2) is 6.35. The molecule has 1 aromatic carbocycles. The largest absolute Gasteiger partial charge is 0.480 e. The van der Waals surface area contributed by atoms with Crippen molar-refractivity contribution in [3.05, 3.63) is 48.3 Å². The Morgan fingerprint density at radius 3 is 2.64 bits per heavy atom. The number of likely N-dealkylation sites (tertiary alicyclic amines) is 1. The van der Waals surface area contributed by atoms with Crippen LogP contribution in [-0.4, -0.2) is 43.7 Å². The van der Waals surface area contributed by atoms with E-state index in [2.05, 4.69) is 5.10 Å². The molecule has 4 rings (SSSR count). The van der Waals surface area contributed by atoms with Crippen molar-refractivity contribution in [3.8, 4) is 5.69 Å². The molecule has 1 amide bonds. The number of amides is 1. The van der Waals surface area contributed by atoms with Gasteiger partial charge < -0.3 is 10.0 Å². The Bertz CT molecular complexity index is 786. The van der Waals surface area contributed by atoms with Gasteiger partial charge in [-0.15, -0.1) is 0 Å². The number of hydrogen-bond donors (Lipinski definition) is 1. The minimum atomic E-state index is -0.904. The first-order valence-electron chi connectivity index (χ1n) is 8.80. The summed E-state index contributed by atoms with van der Waals surface area (Å²) in [7, 11) is 0. The minimum Gasteiger partial charge on any atom is -0.480 e. The number of benzene rings is 1. The van der Waals surface area contributed by atoms with Gasteiger partial charge in [0.05, 0.1) is 17.4 Å². The summed E-state index contributed by atoms with van der Waals surface area (Å²) >= 11 is 0. The van der Waals surface area contributed by atoms with Gasteiger partial charge in [-0.1, -0.05) is 31.0 Å². The van der Waals surface area contributed by atoms with Crippen molar-refractivity contribution in [2.24, 2.45) is 5.92 Å². The minimum absolute atomic E-state index is 0.0439. The van der Waals surface area contributed by atoms with E-state index < -0.39 is 12.0 Å². The molecule has 1 saturated carbocycles. The third-order valence-electron chi connectivity index (χ3n) is 5.46. The fraction of sp³-hybridized carbons (Fsp3) is 0.421. The molecule has 0 unspecified atom stereocenters. The molecule has 0 bridgehead atoms. The summed E-state index contributed by atoms with van der Waals surface area (Å²) in [6.07, 6.45) is 7.88. The summed E-state index contributed by atoms with van der Waals surface area (Å²) in [5.41, 5.74) is 1.31. The van der Waals surface area contributed by atoms with Gasteiger partial charge in [0.1, 0.15) is 6.04 Å². The summed E-state index contributed by atoms with van der Waals surface area (Å²) in [4.78, 5) is 26.4. The second-order valence-electron chi connectivity index (χ2n) is 6.92. The van der Waals surface area contributed by atoms with E-state index in [1.807, 2.05) is 30.3 Å². The van der Waals surface area contributed by atoms with E-state index >= 15 is 0 Å². The van der Waals surface area contributed by atoms with Gasteiger partial charge in [-0.2, -0.15) is 5.10 Å². The molecule has 6 heteroatoms. The molecule has 0 radical (unpaired) electrons. The lowest BCUT2D eigenvalue weighted by molar-refractivity contribution is -0.141. The van der Waals surface area contributed by atoms with Crippen molar-refractivity contribution >= 4 is 11.9 Å². The van der Waals surface area contributed by atoms with E-state index in [4.69, 9.17) is 0 Å². The molecule has 1 saturated heterocycles. The van der Waals surface area contributed by atoms with E-state index in [-0.39, 0.29) is 11.9 Å². The Hall–Kier alpha value is -2.63. The third kappa shape index (κ3) is 2.81. The predicted octanol–water partition coefficient (Wildman–Crippen LogP) is 2.73. The van der Waals surface area contributed by atoms with Gasteiger partial charge in [0, 0.05) is 12.2 Å². The van der Waals surface area contributed by atoms with Crippen molar-refractivity contribution in [2.75, 3.05) is 0 Å². The predicted molar refractivity (Wildman–Crippen MR) is 91.5 cm³/mol. The molecule has 2 aromatic rings. The maximum atomic E-state index is 13.1. The average molecular weight is 339 g/mol. The van der Waals surface area contributed by atoms with Crippen LogP contribution >= 0.6 is 0 Å². The first-order valence-corrected chi connectivity index (χ1v) is 8.80. The Morgan fingerprint density at radius 1 is 1.12 bits per heavy atom. The SMILES string of the molecule is O=C(O)[C@@H]1C[C@H]2CCCC[C@H]2N1C(=O)c1cnn(-c2ccccc2)c1. The quantitative estimate of drug-likeness (QED) is 0.933. The van der Waals surface area contributed by atoms with Gasteiger partial charge in [0.2, 0.25) is 0 Å². The van der Waals surface area contributed by atoms with Crippen molar-refractivity contribution < 1.29 is 14.7 Å². The van der Waals surface area contributed by atoms with E-state index in [1.165, 1.54) is 6.20 Å². The molecule has 1 N–H and O–H groups in total. The molecule has 2 aliphatic rings. The van der Waals surface area contributed by atoms with Crippen molar-refractivity contribution in [3.63, 3.8) is 0 Å². The van der Waals surface area contributed by atoms with Gasteiger partial charge in [0.15, 0.2) is 0 Å². The van der Waals surface area contributed by atoms with Crippen LogP contribution in [0, 0.1) is 5.92 Å². The number of nitrogens with zero attached hydrogens (tertiary/aromatic N) is 3. The zero-order chi connectivity index (χ0) is 17.4. The zero-order valence-corrected chi connectivity index (χ0v) is 13.9. The van der Waals surface area contributed by atoms with Crippen molar-refractivity contribution in [1.29, 1.82) is 0 Å². The highest BCUT2D eigenvalue weighted by atomic mass is 16.4. The lowest BCUT2D eigenvalue weighted by Gasteiger charge is -2.32. The Morgan fingerprint density at radius 2 is 1.88 bits per heavy atom. The number of rotatable bonds is 3. The molecule has 130 valence electrons. The molecular formula is C19H21N3O3. The molecule has 3 atom stereocenters. The maximum Gasteiger partial charge on any atom is 0.326 e. The van der Waals surface area contributed by atoms with Crippen molar-refractivity contribution in [2.45, 2.75) is 44.2 Å². The van der Waals surface area contributed by atoms with Crippen LogP contribution in [0.4, 0.5) is 0 Å². The molecule has 1 aromatic heterocycles. The van der Waals surface area contributed by atoms with E-state index in [0.29, 0.717) is 17.9 Å². The number of para-hydroxylation sites is 1. The van der Waals surface area contributed by atoms with Crippen LogP contribution in [0.1, 0.15) is 42.5 Å². The van der Waals surface area contributed by atoms with Gasteiger partial charge in [-0.3, -0.25) is 4.79 Å². The van der Waals surface area contributed by atoms with E-state index in [1.54, 1.807) is 15.8 Å². The summed E-state index contributed by atoms with van der Waals surface area (Å²) in [6.45, 7) is 0.